The van der Waals surface area contributed by atoms with E-state index < -0.39 is 17.9 Å². The first-order valence-corrected chi connectivity index (χ1v) is 7.41. The van der Waals surface area contributed by atoms with Crippen molar-refractivity contribution in [1.82, 2.24) is 15.1 Å². The Morgan fingerprint density at radius 2 is 1.83 bits per heavy atom. The van der Waals surface area contributed by atoms with Crippen LogP contribution in [0.1, 0.15) is 41.4 Å². The fourth-order valence-corrected chi connectivity index (χ4v) is 2.75. The van der Waals surface area contributed by atoms with Gasteiger partial charge in [-0.05, 0) is 26.3 Å². The number of rotatable bonds is 5. The third-order valence-electron chi connectivity index (χ3n) is 4.06. The summed E-state index contributed by atoms with van der Waals surface area (Å²) >= 11 is 0. The monoisotopic (exact) mass is 315 g/mol. The van der Waals surface area contributed by atoms with Gasteiger partial charge in [-0.2, -0.15) is 5.10 Å². The number of carboxylic acid groups (broad SMARTS) is 1. The van der Waals surface area contributed by atoms with E-state index in [1.165, 1.54) is 0 Å². The summed E-state index contributed by atoms with van der Waals surface area (Å²) in [5, 5.41) is 16.3. The van der Waals surface area contributed by atoms with Crippen LogP contribution in [0.5, 0.6) is 0 Å². The summed E-state index contributed by atoms with van der Waals surface area (Å²) < 4.78 is 1.72. The van der Waals surface area contributed by atoms with Gasteiger partial charge in [0, 0.05) is 18.3 Å². The summed E-state index contributed by atoms with van der Waals surface area (Å²) in [6, 6.07) is 7.60. The van der Waals surface area contributed by atoms with E-state index in [0.29, 0.717) is 5.56 Å². The number of carbonyl (C=O) groups is 2. The summed E-state index contributed by atoms with van der Waals surface area (Å²) in [5.41, 5.74) is 3.05. The van der Waals surface area contributed by atoms with Gasteiger partial charge in [0.05, 0.1) is 11.6 Å². The minimum atomic E-state index is -1.09. The Kier molecular flexibility index (Phi) is 4.83. The van der Waals surface area contributed by atoms with Crippen molar-refractivity contribution in [2.24, 2.45) is 7.05 Å². The van der Waals surface area contributed by atoms with Crippen LogP contribution in [0.25, 0.3) is 0 Å². The molecule has 0 aliphatic carbocycles. The zero-order valence-electron chi connectivity index (χ0n) is 13.7. The molecule has 0 fully saturated rings. The van der Waals surface area contributed by atoms with Gasteiger partial charge in [0.15, 0.2) is 6.04 Å². The number of hydrogen-bond donors (Lipinski definition) is 2. The minimum absolute atomic E-state index is 0.333. The lowest BCUT2D eigenvalue weighted by Crippen LogP contribution is -2.36. The molecule has 1 unspecified atom stereocenters. The molecule has 1 aromatic heterocycles. The first-order valence-electron chi connectivity index (χ1n) is 7.41. The topological polar surface area (TPSA) is 84.2 Å². The lowest BCUT2D eigenvalue weighted by molar-refractivity contribution is -0.142. The molecule has 0 aliphatic rings. The maximum absolute atomic E-state index is 12.5. The molecule has 1 amide bonds. The highest BCUT2D eigenvalue weighted by Gasteiger charge is 2.27. The van der Waals surface area contributed by atoms with Crippen molar-refractivity contribution in [3.63, 3.8) is 0 Å². The number of hydrogen-bond acceptors (Lipinski definition) is 3. The highest BCUT2D eigenvalue weighted by molar-refractivity contribution is 5.88. The summed E-state index contributed by atoms with van der Waals surface area (Å²) in [7, 11) is 1.82. The first kappa shape index (κ1) is 16.7. The molecule has 122 valence electrons. The predicted molar refractivity (Wildman–Crippen MR) is 86.1 cm³/mol. The zero-order chi connectivity index (χ0) is 17.1. The first-order chi connectivity index (χ1) is 10.8. The van der Waals surface area contributed by atoms with E-state index in [0.717, 1.165) is 17.0 Å². The van der Waals surface area contributed by atoms with Crippen LogP contribution >= 0.6 is 0 Å². The minimum Gasteiger partial charge on any atom is -0.479 e. The molecule has 0 saturated carbocycles. The van der Waals surface area contributed by atoms with E-state index in [-0.39, 0.29) is 5.91 Å². The lowest BCUT2D eigenvalue weighted by atomic mass is 9.97. The summed E-state index contributed by atoms with van der Waals surface area (Å²) in [4.78, 5) is 24.0. The van der Waals surface area contributed by atoms with Gasteiger partial charge >= 0.3 is 5.97 Å². The lowest BCUT2D eigenvalue weighted by Gasteiger charge is -2.18. The van der Waals surface area contributed by atoms with Crippen molar-refractivity contribution in [1.29, 1.82) is 0 Å². The Morgan fingerprint density at radius 1 is 1.22 bits per heavy atom. The largest absolute Gasteiger partial charge is 0.479 e. The smallest absolute Gasteiger partial charge is 0.330 e. The SMILES string of the molecule is Cc1nn(C)c(C)c1C(C)C(=O)N[C@@H](C(=O)O)c1ccccc1. The molecule has 0 radical (unpaired) electrons. The van der Waals surface area contributed by atoms with Gasteiger partial charge < -0.3 is 10.4 Å². The normalized spacial score (nSPS) is 13.4. The molecule has 2 aromatic rings. The molecule has 0 aliphatic heterocycles. The number of aryl methyl sites for hydroxylation is 2. The molecule has 1 heterocycles. The molecule has 0 bridgehead atoms. The van der Waals surface area contributed by atoms with Gasteiger partial charge in [-0.25, -0.2) is 4.79 Å². The van der Waals surface area contributed by atoms with E-state index in [4.69, 9.17) is 0 Å². The Labute approximate surface area is 135 Å². The van der Waals surface area contributed by atoms with Crippen LogP contribution in [0.15, 0.2) is 30.3 Å². The van der Waals surface area contributed by atoms with E-state index in [1.54, 1.807) is 41.9 Å². The number of amides is 1. The highest BCUT2D eigenvalue weighted by atomic mass is 16.4. The molecule has 6 nitrogen and oxygen atoms in total. The number of aromatic nitrogens is 2. The van der Waals surface area contributed by atoms with Gasteiger partial charge in [0.25, 0.3) is 0 Å². The zero-order valence-corrected chi connectivity index (χ0v) is 13.7. The molecule has 1 aromatic carbocycles. The molecule has 0 saturated heterocycles. The molecular weight excluding hydrogens is 294 g/mol. The van der Waals surface area contributed by atoms with Crippen LogP contribution < -0.4 is 5.32 Å². The van der Waals surface area contributed by atoms with Gasteiger partial charge in [-0.3, -0.25) is 9.48 Å². The number of aliphatic carboxylic acids is 1. The second-order valence-electron chi connectivity index (χ2n) is 5.62. The fourth-order valence-electron chi connectivity index (χ4n) is 2.75. The molecular formula is C17H21N3O3. The summed E-state index contributed by atoms with van der Waals surface area (Å²) in [6.45, 7) is 5.50. The Bertz CT molecular complexity index is 722. The standard InChI is InChI=1S/C17H21N3O3/c1-10(14-11(2)19-20(4)12(14)3)16(21)18-15(17(22)23)13-8-6-5-7-9-13/h5-10,15H,1-4H3,(H,18,21)(H,22,23)/t10?,15-/m1/s1. The Hall–Kier alpha value is -2.63. The molecule has 6 heteroatoms. The molecule has 2 N–H and O–H groups in total. The average molecular weight is 315 g/mol. The number of carbonyl (C=O) groups excluding carboxylic acids is 1. The van der Waals surface area contributed by atoms with Crippen molar-refractivity contribution in [2.45, 2.75) is 32.7 Å². The number of carboxylic acids is 1. The van der Waals surface area contributed by atoms with Crippen molar-refractivity contribution in [3.8, 4) is 0 Å². The van der Waals surface area contributed by atoms with Crippen LogP contribution in [-0.2, 0) is 16.6 Å². The summed E-state index contributed by atoms with van der Waals surface area (Å²) in [5.74, 6) is -1.90. The molecule has 2 atom stereocenters. The van der Waals surface area contributed by atoms with Crippen molar-refractivity contribution in [3.05, 3.63) is 52.8 Å². The van der Waals surface area contributed by atoms with Crippen LogP contribution in [0.2, 0.25) is 0 Å². The summed E-state index contributed by atoms with van der Waals surface area (Å²) in [6.07, 6.45) is 0. The molecule has 23 heavy (non-hydrogen) atoms. The number of benzene rings is 1. The second kappa shape index (κ2) is 6.64. The van der Waals surface area contributed by atoms with Crippen LogP contribution in [0.4, 0.5) is 0 Å². The van der Waals surface area contributed by atoms with Crippen molar-refractivity contribution < 1.29 is 14.7 Å². The molecule has 2 rings (SSSR count). The number of nitrogens with zero attached hydrogens (tertiary/aromatic N) is 2. The highest BCUT2D eigenvalue weighted by Crippen LogP contribution is 2.24. The van der Waals surface area contributed by atoms with Gasteiger partial charge in [0.2, 0.25) is 5.91 Å². The number of nitrogens with one attached hydrogen (secondary N) is 1. The average Bonchev–Trinajstić information content (AvgIpc) is 2.77. The third-order valence-corrected chi connectivity index (χ3v) is 4.06. The fraction of sp³-hybridized carbons (Fsp3) is 0.353. The Morgan fingerprint density at radius 3 is 2.30 bits per heavy atom. The van der Waals surface area contributed by atoms with Gasteiger partial charge in [-0.1, -0.05) is 30.3 Å². The maximum Gasteiger partial charge on any atom is 0.330 e. The predicted octanol–water partition coefficient (Wildman–Crippen LogP) is 2.08. The quantitative estimate of drug-likeness (QED) is 0.885. The van der Waals surface area contributed by atoms with Crippen LogP contribution in [0, 0.1) is 13.8 Å². The molecule has 0 spiro atoms. The van der Waals surface area contributed by atoms with E-state index in [2.05, 4.69) is 10.4 Å². The Balaban J connectivity index is 2.24. The van der Waals surface area contributed by atoms with Crippen LogP contribution in [0.3, 0.4) is 0 Å². The van der Waals surface area contributed by atoms with E-state index in [1.807, 2.05) is 20.9 Å². The van der Waals surface area contributed by atoms with Crippen molar-refractivity contribution in [2.75, 3.05) is 0 Å². The van der Waals surface area contributed by atoms with Gasteiger partial charge in [0.1, 0.15) is 0 Å². The third kappa shape index (κ3) is 3.41. The van der Waals surface area contributed by atoms with Crippen molar-refractivity contribution >= 4 is 11.9 Å². The second-order valence-corrected chi connectivity index (χ2v) is 5.62. The van der Waals surface area contributed by atoms with E-state index in [9.17, 15) is 14.7 Å². The van der Waals surface area contributed by atoms with Crippen LogP contribution in [-0.4, -0.2) is 26.8 Å². The van der Waals surface area contributed by atoms with Gasteiger partial charge in [-0.15, -0.1) is 0 Å². The van der Waals surface area contributed by atoms with E-state index >= 15 is 0 Å². The maximum atomic E-state index is 12.5.